The second-order valence-corrected chi connectivity index (χ2v) is 6.38. The number of hydrogen-bond acceptors (Lipinski definition) is 2. The van der Waals surface area contributed by atoms with Gasteiger partial charge in [0.2, 0.25) is 0 Å². The molecule has 1 saturated carbocycles. The summed E-state index contributed by atoms with van der Waals surface area (Å²) < 4.78 is 0. The Bertz CT molecular complexity index is 686. The Kier molecular flexibility index (Phi) is 4.65. The Morgan fingerprint density at radius 1 is 1.04 bits per heavy atom. The summed E-state index contributed by atoms with van der Waals surface area (Å²) in [6.07, 6.45) is 6.41. The Morgan fingerprint density at radius 2 is 1.74 bits per heavy atom. The molecule has 3 rings (SSSR count). The third-order valence-corrected chi connectivity index (χ3v) is 4.76. The van der Waals surface area contributed by atoms with Gasteiger partial charge >= 0.3 is 5.97 Å². The molecule has 23 heavy (non-hydrogen) atoms. The van der Waals surface area contributed by atoms with Crippen LogP contribution in [0.1, 0.15) is 65.1 Å². The number of aromatic hydroxyl groups is 1. The standard InChI is InChI=1S/C20H22O3/c21-19-17(11-14-7-3-1-4-8-14)12-16(13-18(19)20(22)23)15-9-5-2-6-10-15/h1,3-4,7-8,12-13,15,21H,2,5-6,9-11H2,(H,22,23). The minimum absolute atomic E-state index is 0.0269. The van der Waals surface area contributed by atoms with E-state index < -0.39 is 5.97 Å². The average Bonchev–Trinajstić information content (AvgIpc) is 2.58. The normalized spacial score (nSPS) is 15.5. The quantitative estimate of drug-likeness (QED) is 0.858. The zero-order valence-corrected chi connectivity index (χ0v) is 13.2. The number of benzene rings is 2. The second-order valence-electron chi connectivity index (χ2n) is 6.38. The van der Waals surface area contributed by atoms with Crippen molar-refractivity contribution in [2.75, 3.05) is 0 Å². The number of hydrogen-bond donors (Lipinski definition) is 2. The molecular weight excluding hydrogens is 288 g/mol. The van der Waals surface area contributed by atoms with E-state index in [1.165, 1.54) is 19.3 Å². The Labute approximate surface area is 136 Å². The molecule has 2 aromatic carbocycles. The Balaban J connectivity index is 1.99. The number of carbonyl (C=O) groups is 1. The van der Waals surface area contributed by atoms with Gasteiger partial charge in [-0.2, -0.15) is 0 Å². The summed E-state index contributed by atoms with van der Waals surface area (Å²) >= 11 is 0. The van der Waals surface area contributed by atoms with Crippen molar-refractivity contribution in [1.82, 2.24) is 0 Å². The monoisotopic (exact) mass is 310 g/mol. The van der Waals surface area contributed by atoms with Gasteiger partial charge in [0.15, 0.2) is 0 Å². The summed E-state index contributed by atoms with van der Waals surface area (Å²) in [4.78, 5) is 11.5. The molecule has 0 saturated heterocycles. The maximum absolute atomic E-state index is 11.5. The molecule has 0 bridgehead atoms. The third-order valence-electron chi connectivity index (χ3n) is 4.76. The fourth-order valence-corrected chi connectivity index (χ4v) is 3.50. The van der Waals surface area contributed by atoms with Crippen LogP contribution >= 0.6 is 0 Å². The minimum Gasteiger partial charge on any atom is -0.507 e. The van der Waals surface area contributed by atoms with Crippen molar-refractivity contribution in [3.8, 4) is 5.75 Å². The molecule has 120 valence electrons. The number of carboxylic acid groups (broad SMARTS) is 1. The highest BCUT2D eigenvalue weighted by Gasteiger charge is 2.21. The van der Waals surface area contributed by atoms with E-state index in [1.807, 2.05) is 36.4 Å². The van der Waals surface area contributed by atoms with Crippen molar-refractivity contribution < 1.29 is 15.0 Å². The van der Waals surface area contributed by atoms with Gasteiger partial charge in [-0.3, -0.25) is 0 Å². The van der Waals surface area contributed by atoms with Crippen LogP contribution in [0.3, 0.4) is 0 Å². The Hall–Kier alpha value is -2.29. The van der Waals surface area contributed by atoms with E-state index in [1.54, 1.807) is 6.07 Å². The zero-order valence-electron chi connectivity index (χ0n) is 13.2. The van der Waals surface area contributed by atoms with Crippen LogP contribution in [0.5, 0.6) is 5.75 Å². The topological polar surface area (TPSA) is 57.5 Å². The van der Waals surface area contributed by atoms with Gasteiger partial charge < -0.3 is 10.2 Å². The molecule has 2 N–H and O–H groups in total. The molecule has 1 aliphatic rings. The lowest BCUT2D eigenvalue weighted by molar-refractivity contribution is 0.0693. The van der Waals surface area contributed by atoms with Crippen LogP contribution < -0.4 is 0 Å². The maximum atomic E-state index is 11.5. The van der Waals surface area contributed by atoms with E-state index in [-0.39, 0.29) is 11.3 Å². The first kappa shape index (κ1) is 15.6. The van der Waals surface area contributed by atoms with Crippen molar-refractivity contribution in [3.63, 3.8) is 0 Å². The molecule has 2 aromatic rings. The molecule has 3 nitrogen and oxygen atoms in total. The number of phenols is 1. The van der Waals surface area contributed by atoms with Crippen molar-refractivity contribution in [2.24, 2.45) is 0 Å². The van der Waals surface area contributed by atoms with Gasteiger partial charge in [0.25, 0.3) is 0 Å². The molecule has 0 heterocycles. The lowest BCUT2D eigenvalue weighted by atomic mass is 9.82. The van der Waals surface area contributed by atoms with Crippen LogP contribution in [0, 0.1) is 0 Å². The van der Waals surface area contributed by atoms with Gasteiger partial charge in [-0.25, -0.2) is 4.79 Å². The molecule has 0 spiro atoms. The van der Waals surface area contributed by atoms with Crippen LogP contribution in [0.15, 0.2) is 42.5 Å². The molecule has 0 radical (unpaired) electrons. The summed E-state index contributed by atoms with van der Waals surface area (Å²) in [5, 5.41) is 19.8. The molecule has 1 fully saturated rings. The summed E-state index contributed by atoms with van der Waals surface area (Å²) in [5.74, 6) is -0.743. The van der Waals surface area contributed by atoms with Crippen LogP contribution in [0.4, 0.5) is 0 Å². The van der Waals surface area contributed by atoms with E-state index in [4.69, 9.17) is 0 Å². The van der Waals surface area contributed by atoms with Gasteiger partial charge in [0, 0.05) is 6.42 Å². The number of rotatable bonds is 4. The highest BCUT2D eigenvalue weighted by atomic mass is 16.4. The van der Waals surface area contributed by atoms with Gasteiger partial charge in [0.05, 0.1) is 0 Å². The van der Waals surface area contributed by atoms with E-state index in [2.05, 4.69) is 0 Å². The summed E-state index contributed by atoms with van der Waals surface area (Å²) in [7, 11) is 0. The average molecular weight is 310 g/mol. The fourth-order valence-electron chi connectivity index (χ4n) is 3.50. The predicted molar refractivity (Wildman–Crippen MR) is 90.1 cm³/mol. The van der Waals surface area contributed by atoms with Crippen LogP contribution in [0.2, 0.25) is 0 Å². The van der Waals surface area contributed by atoms with Crippen molar-refractivity contribution in [2.45, 2.75) is 44.4 Å². The van der Waals surface area contributed by atoms with E-state index in [0.717, 1.165) is 24.0 Å². The molecule has 1 aliphatic carbocycles. The van der Waals surface area contributed by atoms with E-state index >= 15 is 0 Å². The molecule has 3 heteroatoms. The first-order valence-corrected chi connectivity index (χ1v) is 8.28. The lowest BCUT2D eigenvalue weighted by Gasteiger charge is -2.23. The summed E-state index contributed by atoms with van der Waals surface area (Å²) in [6, 6.07) is 13.5. The third kappa shape index (κ3) is 3.55. The number of aromatic carboxylic acids is 1. The molecule has 0 amide bonds. The molecule has 0 aromatic heterocycles. The highest BCUT2D eigenvalue weighted by molar-refractivity contribution is 5.91. The van der Waals surface area contributed by atoms with E-state index in [0.29, 0.717) is 17.9 Å². The Morgan fingerprint density at radius 3 is 2.39 bits per heavy atom. The van der Waals surface area contributed by atoms with Crippen molar-refractivity contribution >= 4 is 5.97 Å². The van der Waals surface area contributed by atoms with Gasteiger partial charge in [-0.05, 0) is 41.5 Å². The first-order valence-electron chi connectivity index (χ1n) is 8.28. The van der Waals surface area contributed by atoms with Gasteiger partial charge in [-0.1, -0.05) is 55.7 Å². The fraction of sp³-hybridized carbons (Fsp3) is 0.350. The van der Waals surface area contributed by atoms with Crippen molar-refractivity contribution in [1.29, 1.82) is 0 Å². The number of carboxylic acids is 1. The highest BCUT2D eigenvalue weighted by Crippen LogP contribution is 2.36. The second kappa shape index (κ2) is 6.86. The largest absolute Gasteiger partial charge is 0.507 e. The molecule has 0 aliphatic heterocycles. The molecule has 0 unspecified atom stereocenters. The lowest BCUT2D eigenvalue weighted by Crippen LogP contribution is -2.08. The summed E-state index contributed by atoms with van der Waals surface area (Å²) in [6.45, 7) is 0. The van der Waals surface area contributed by atoms with Crippen molar-refractivity contribution in [3.05, 3.63) is 64.7 Å². The van der Waals surface area contributed by atoms with Crippen LogP contribution in [-0.2, 0) is 6.42 Å². The SMILES string of the molecule is O=C(O)c1cc(C2CCCCC2)cc(Cc2ccccc2)c1O. The zero-order chi connectivity index (χ0) is 16.2. The van der Waals surface area contributed by atoms with Crippen LogP contribution in [-0.4, -0.2) is 16.2 Å². The first-order chi connectivity index (χ1) is 11.1. The minimum atomic E-state index is -1.06. The molecular formula is C20H22O3. The molecule has 0 atom stereocenters. The smallest absolute Gasteiger partial charge is 0.339 e. The van der Waals surface area contributed by atoms with Gasteiger partial charge in [-0.15, -0.1) is 0 Å². The van der Waals surface area contributed by atoms with Crippen LogP contribution in [0.25, 0.3) is 0 Å². The maximum Gasteiger partial charge on any atom is 0.339 e. The van der Waals surface area contributed by atoms with Gasteiger partial charge in [0.1, 0.15) is 11.3 Å². The summed E-state index contributed by atoms with van der Waals surface area (Å²) in [5.41, 5.74) is 2.86. The van der Waals surface area contributed by atoms with E-state index in [9.17, 15) is 15.0 Å². The predicted octanol–water partition coefficient (Wildman–Crippen LogP) is 4.73.